The predicted octanol–water partition coefficient (Wildman–Crippen LogP) is 1.82. The Morgan fingerprint density at radius 1 is 1.58 bits per heavy atom. The number of aromatic nitrogens is 2. The molecule has 0 fully saturated rings. The molecule has 1 amide bonds. The Morgan fingerprint density at radius 3 is 3.00 bits per heavy atom. The highest BCUT2D eigenvalue weighted by molar-refractivity contribution is 7.09. The summed E-state index contributed by atoms with van der Waals surface area (Å²) in [5, 5.41) is 5.11. The highest BCUT2D eigenvalue weighted by Crippen LogP contribution is 2.21. The van der Waals surface area contributed by atoms with Gasteiger partial charge in [0.2, 0.25) is 5.88 Å². The van der Waals surface area contributed by atoms with Crippen LogP contribution in [0.2, 0.25) is 0 Å². The summed E-state index contributed by atoms with van der Waals surface area (Å²) in [6.07, 6.45) is 1.59. The van der Waals surface area contributed by atoms with Gasteiger partial charge in [0.1, 0.15) is 16.4 Å². The summed E-state index contributed by atoms with van der Waals surface area (Å²) in [4.78, 5) is 20.2. The number of amides is 1. The first-order valence-corrected chi connectivity index (χ1v) is 6.51. The molecule has 0 saturated carbocycles. The van der Waals surface area contributed by atoms with Crippen molar-refractivity contribution >= 4 is 22.9 Å². The number of hydrogen-bond donors (Lipinski definition) is 2. The normalized spacial score (nSPS) is 11.9. The molecule has 0 bridgehead atoms. The van der Waals surface area contributed by atoms with Gasteiger partial charge in [-0.05, 0) is 19.1 Å². The van der Waals surface area contributed by atoms with Crippen LogP contribution in [0, 0.1) is 0 Å². The molecule has 2 rings (SSSR count). The van der Waals surface area contributed by atoms with Gasteiger partial charge in [-0.3, -0.25) is 4.79 Å². The largest absolute Gasteiger partial charge is 0.480 e. The number of pyridine rings is 1. The number of rotatable bonds is 4. The molecular weight excluding hydrogens is 264 g/mol. The van der Waals surface area contributed by atoms with Crippen LogP contribution in [0.3, 0.4) is 0 Å². The lowest BCUT2D eigenvalue weighted by Gasteiger charge is -2.07. The second-order valence-corrected chi connectivity index (χ2v) is 4.76. The third kappa shape index (κ3) is 3.07. The van der Waals surface area contributed by atoms with Crippen LogP contribution in [0.5, 0.6) is 5.88 Å². The van der Waals surface area contributed by atoms with Gasteiger partial charge in [-0.15, -0.1) is 11.3 Å². The molecule has 19 heavy (non-hydrogen) atoms. The second kappa shape index (κ2) is 5.77. The molecule has 0 aliphatic rings. The standard InChI is InChI=1S/C12H14N4O2S/c1-7(13)12-16-9(6-19-12)10(17)15-8-4-3-5-14-11(8)18-2/h3-7H,13H2,1-2H3,(H,15,17). The Kier molecular flexibility index (Phi) is 4.08. The fourth-order valence-electron chi connectivity index (χ4n) is 1.44. The lowest BCUT2D eigenvalue weighted by Crippen LogP contribution is -2.14. The van der Waals surface area contributed by atoms with Gasteiger partial charge in [-0.1, -0.05) is 0 Å². The molecule has 0 saturated heterocycles. The quantitative estimate of drug-likeness (QED) is 0.890. The number of anilines is 1. The third-order valence-corrected chi connectivity index (χ3v) is 3.40. The second-order valence-electron chi connectivity index (χ2n) is 3.87. The van der Waals surface area contributed by atoms with Crippen LogP contribution in [-0.4, -0.2) is 23.0 Å². The fourth-order valence-corrected chi connectivity index (χ4v) is 2.19. The van der Waals surface area contributed by atoms with E-state index in [4.69, 9.17) is 10.5 Å². The predicted molar refractivity (Wildman–Crippen MR) is 73.5 cm³/mol. The van der Waals surface area contributed by atoms with E-state index < -0.39 is 0 Å². The zero-order chi connectivity index (χ0) is 13.8. The third-order valence-electron chi connectivity index (χ3n) is 2.36. The van der Waals surface area contributed by atoms with Crippen molar-refractivity contribution in [3.05, 3.63) is 34.4 Å². The van der Waals surface area contributed by atoms with Gasteiger partial charge in [0, 0.05) is 11.6 Å². The molecule has 2 heterocycles. The molecule has 0 radical (unpaired) electrons. The van der Waals surface area contributed by atoms with E-state index >= 15 is 0 Å². The number of methoxy groups -OCH3 is 1. The van der Waals surface area contributed by atoms with E-state index in [1.807, 2.05) is 6.92 Å². The molecule has 0 spiro atoms. The molecule has 6 nitrogen and oxygen atoms in total. The number of nitrogens with zero attached hydrogens (tertiary/aromatic N) is 2. The van der Waals surface area contributed by atoms with Gasteiger partial charge >= 0.3 is 0 Å². The van der Waals surface area contributed by atoms with Crippen LogP contribution in [0.1, 0.15) is 28.5 Å². The number of ether oxygens (including phenoxy) is 1. The summed E-state index contributed by atoms with van der Waals surface area (Å²) in [5.41, 5.74) is 6.55. The van der Waals surface area contributed by atoms with Crippen molar-refractivity contribution in [1.82, 2.24) is 9.97 Å². The molecule has 1 atom stereocenters. The first kappa shape index (κ1) is 13.4. The maximum absolute atomic E-state index is 12.0. The highest BCUT2D eigenvalue weighted by atomic mass is 32.1. The Balaban J connectivity index is 2.16. The van der Waals surface area contributed by atoms with Crippen molar-refractivity contribution in [1.29, 1.82) is 0 Å². The summed E-state index contributed by atoms with van der Waals surface area (Å²) < 4.78 is 5.06. The average Bonchev–Trinajstić information content (AvgIpc) is 2.89. The highest BCUT2D eigenvalue weighted by Gasteiger charge is 2.14. The summed E-state index contributed by atoms with van der Waals surface area (Å²) in [6.45, 7) is 1.82. The van der Waals surface area contributed by atoms with E-state index in [-0.39, 0.29) is 11.9 Å². The molecule has 0 aliphatic carbocycles. The molecule has 2 aromatic heterocycles. The van der Waals surface area contributed by atoms with Crippen LogP contribution in [0.4, 0.5) is 5.69 Å². The first-order valence-electron chi connectivity index (χ1n) is 5.63. The molecule has 2 aromatic rings. The van der Waals surface area contributed by atoms with Crippen molar-refractivity contribution in [2.75, 3.05) is 12.4 Å². The lowest BCUT2D eigenvalue weighted by molar-refractivity contribution is 0.102. The average molecular weight is 278 g/mol. The van der Waals surface area contributed by atoms with Crippen molar-refractivity contribution < 1.29 is 9.53 Å². The summed E-state index contributed by atoms with van der Waals surface area (Å²) in [7, 11) is 1.50. The zero-order valence-electron chi connectivity index (χ0n) is 10.6. The maximum atomic E-state index is 12.0. The van der Waals surface area contributed by atoms with Crippen molar-refractivity contribution in [3.63, 3.8) is 0 Å². The molecule has 1 unspecified atom stereocenters. The Bertz CT molecular complexity index is 583. The van der Waals surface area contributed by atoms with Crippen LogP contribution >= 0.6 is 11.3 Å². The number of nitrogens with one attached hydrogen (secondary N) is 1. The van der Waals surface area contributed by atoms with Gasteiger partial charge < -0.3 is 15.8 Å². The van der Waals surface area contributed by atoms with E-state index in [1.54, 1.807) is 23.7 Å². The maximum Gasteiger partial charge on any atom is 0.275 e. The first-order chi connectivity index (χ1) is 9.11. The lowest BCUT2D eigenvalue weighted by atomic mass is 10.3. The van der Waals surface area contributed by atoms with Crippen LogP contribution in [-0.2, 0) is 0 Å². The van der Waals surface area contributed by atoms with E-state index in [0.717, 1.165) is 5.01 Å². The van der Waals surface area contributed by atoms with Crippen LogP contribution in [0.15, 0.2) is 23.7 Å². The van der Waals surface area contributed by atoms with Gasteiger partial charge in [-0.25, -0.2) is 9.97 Å². The summed E-state index contributed by atoms with van der Waals surface area (Å²) >= 11 is 1.36. The van der Waals surface area contributed by atoms with Gasteiger partial charge in [0.15, 0.2) is 0 Å². The number of carbonyl (C=O) groups excluding carboxylic acids is 1. The van der Waals surface area contributed by atoms with Crippen molar-refractivity contribution in [3.8, 4) is 5.88 Å². The molecule has 7 heteroatoms. The molecule has 3 N–H and O–H groups in total. The van der Waals surface area contributed by atoms with Crippen molar-refractivity contribution in [2.45, 2.75) is 13.0 Å². The number of thiazole rings is 1. The molecule has 100 valence electrons. The smallest absolute Gasteiger partial charge is 0.275 e. The van der Waals surface area contributed by atoms with Crippen molar-refractivity contribution in [2.24, 2.45) is 5.73 Å². The molecular formula is C12H14N4O2S. The van der Waals surface area contributed by atoms with E-state index in [1.165, 1.54) is 18.4 Å². The van der Waals surface area contributed by atoms with E-state index in [0.29, 0.717) is 17.3 Å². The molecule has 0 aromatic carbocycles. The molecule has 0 aliphatic heterocycles. The SMILES string of the molecule is COc1ncccc1NC(=O)c1csc(C(C)N)n1. The number of nitrogens with two attached hydrogens (primary N) is 1. The Morgan fingerprint density at radius 2 is 2.37 bits per heavy atom. The topological polar surface area (TPSA) is 90.1 Å². The summed E-state index contributed by atoms with van der Waals surface area (Å²) in [5.74, 6) is 0.0490. The minimum atomic E-state index is -0.311. The summed E-state index contributed by atoms with van der Waals surface area (Å²) in [6, 6.07) is 3.24. The minimum absolute atomic E-state index is 0.181. The zero-order valence-corrected chi connectivity index (χ0v) is 11.4. The number of hydrogen-bond acceptors (Lipinski definition) is 6. The van der Waals surface area contributed by atoms with Gasteiger partial charge in [0.05, 0.1) is 13.2 Å². The fraction of sp³-hybridized carbons (Fsp3) is 0.250. The monoisotopic (exact) mass is 278 g/mol. The minimum Gasteiger partial charge on any atom is -0.480 e. The van der Waals surface area contributed by atoms with E-state index in [9.17, 15) is 4.79 Å². The van der Waals surface area contributed by atoms with E-state index in [2.05, 4.69) is 15.3 Å². The Hall–Kier alpha value is -1.99. The van der Waals surface area contributed by atoms with Crippen LogP contribution in [0.25, 0.3) is 0 Å². The number of carbonyl (C=O) groups is 1. The Labute approximate surface area is 114 Å². The van der Waals surface area contributed by atoms with Gasteiger partial charge in [0.25, 0.3) is 5.91 Å². The van der Waals surface area contributed by atoms with Crippen LogP contribution < -0.4 is 15.8 Å². The van der Waals surface area contributed by atoms with Gasteiger partial charge in [-0.2, -0.15) is 0 Å².